The molecule has 1 unspecified atom stereocenters. The third-order valence-electron chi connectivity index (χ3n) is 4.22. The molecule has 0 aromatic heterocycles. The van der Waals surface area contributed by atoms with E-state index in [0.717, 1.165) is 12.3 Å². The van der Waals surface area contributed by atoms with E-state index < -0.39 is 0 Å². The monoisotopic (exact) mass is 154 g/mol. The average molecular weight is 154 g/mol. The van der Waals surface area contributed by atoms with Gasteiger partial charge in [0.1, 0.15) is 0 Å². The number of fused-ring (bicyclic) bond motifs is 2. The van der Waals surface area contributed by atoms with Crippen LogP contribution in [0.2, 0.25) is 0 Å². The Labute approximate surface area is 68.8 Å². The molecule has 2 bridgehead atoms. The lowest BCUT2D eigenvalue weighted by Gasteiger charge is -2.62. The molecular weight excluding hydrogens is 136 g/mol. The molecule has 3 atom stereocenters. The van der Waals surface area contributed by atoms with Crippen molar-refractivity contribution in [1.29, 1.82) is 0 Å². The third-order valence-corrected chi connectivity index (χ3v) is 4.22. The van der Waals surface area contributed by atoms with E-state index in [-0.39, 0.29) is 5.60 Å². The van der Waals surface area contributed by atoms with Crippen LogP contribution in [0, 0.1) is 17.3 Å². The minimum atomic E-state index is -0.363. The van der Waals surface area contributed by atoms with Crippen molar-refractivity contribution >= 4 is 0 Å². The highest BCUT2D eigenvalue weighted by Crippen LogP contribution is 2.62. The van der Waals surface area contributed by atoms with Crippen LogP contribution in [0.3, 0.4) is 0 Å². The third kappa shape index (κ3) is 0.807. The summed E-state index contributed by atoms with van der Waals surface area (Å²) in [5.74, 6) is 1.46. The summed E-state index contributed by atoms with van der Waals surface area (Å²) in [6.07, 6.45) is 3.52. The Morgan fingerprint density at radius 2 is 1.91 bits per heavy atom. The Hall–Kier alpha value is -0.0400. The van der Waals surface area contributed by atoms with Crippen LogP contribution in [0.4, 0.5) is 0 Å². The fraction of sp³-hybridized carbons (Fsp3) is 1.00. The molecule has 3 fully saturated rings. The lowest BCUT2D eigenvalue weighted by atomic mass is 9.44. The Kier molecular flexibility index (Phi) is 1.26. The van der Waals surface area contributed by atoms with Gasteiger partial charge in [-0.15, -0.1) is 0 Å². The highest BCUT2D eigenvalue weighted by atomic mass is 16.3. The van der Waals surface area contributed by atoms with Crippen LogP contribution in [0.25, 0.3) is 0 Å². The van der Waals surface area contributed by atoms with Crippen molar-refractivity contribution in [1.82, 2.24) is 0 Å². The van der Waals surface area contributed by atoms with Gasteiger partial charge in [-0.2, -0.15) is 0 Å². The molecule has 0 heterocycles. The first-order valence-corrected chi connectivity index (χ1v) is 4.67. The highest BCUT2D eigenvalue weighted by molar-refractivity contribution is 5.08. The first-order chi connectivity index (χ1) is 4.94. The van der Waals surface area contributed by atoms with Crippen molar-refractivity contribution in [3.63, 3.8) is 0 Å². The first kappa shape index (κ1) is 7.60. The topological polar surface area (TPSA) is 20.2 Å². The van der Waals surface area contributed by atoms with Crippen LogP contribution >= 0.6 is 0 Å². The van der Waals surface area contributed by atoms with E-state index in [9.17, 15) is 5.11 Å². The van der Waals surface area contributed by atoms with Gasteiger partial charge in [0.2, 0.25) is 0 Å². The Morgan fingerprint density at radius 1 is 1.27 bits per heavy atom. The maximum absolute atomic E-state index is 10.0. The SMILES string of the molecule is CC1(C)C2CC[C@@](C)(O)[C@H]1C2. The molecule has 3 rings (SSSR count). The van der Waals surface area contributed by atoms with Gasteiger partial charge in [-0.05, 0) is 43.4 Å². The van der Waals surface area contributed by atoms with Gasteiger partial charge in [0.05, 0.1) is 5.60 Å². The van der Waals surface area contributed by atoms with Gasteiger partial charge in [-0.25, -0.2) is 0 Å². The summed E-state index contributed by atoms with van der Waals surface area (Å²) in [4.78, 5) is 0. The van der Waals surface area contributed by atoms with Crippen molar-refractivity contribution in [2.45, 2.75) is 45.6 Å². The van der Waals surface area contributed by atoms with Gasteiger partial charge in [-0.3, -0.25) is 0 Å². The van der Waals surface area contributed by atoms with E-state index in [1.165, 1.54) is 12.8 Å². The summed E-state index contributed by atoms with van der Waals surface area (Å²) in [5.41, 5.74) is 0.0556. The summed E-state index contributed by atoms with van der Waals surface area (Å²) < 4.78 is 0. The molecule has 0 spiro atoms. The minimum absolute atomic E-state index is 0.363. The molecule has 3 saturated carbocycles. The van der Waals surface area contributed by atoms with Gasteiger partial charge in [0.25, 0.3) is 0 Å². The van der Waals surface area contributed by atoms with Gasteiger partial charge in [0.15, 0.2) is 0 Å². The van der Waals surface area contributed by atoms with Gasteiger partial charge >= 0.3 is 0 Å². The molecule has 11 heavy (non-hydrogen) atoms. The zero-order valence-corrected chi connectivity index (χ0v) is 7.72. The lowest BCUT2D eigenvalue weighted by Crippen LogP contribution is -2.60. The van der Waals surface area contributed by atoms with Crippen molar-refractivity contribution in [3.8, 4) is 0 Å². The van der Waals surface area contributed by atoms with E-state index in [1.807, 2.05) is 6.92 Å². The fourth-order valence-corrected chi connectivity index (χ4v) is 3.20. The molecule has 64 valence electrons. The Morgan fingerprint density at radius 3 is 2.18 bits per heavy atom. The molecule has 0 radical (unpaired) electrons. The van der Waals surface area contributed by atoms with Crippen LogP contribution in [0.1, 0.15) is 40.0 Å². The van der Waals surface area contributed by atoms with Crippen LogP contribution in [-0.2, 0) is 0 Å². The number of rotatable bonds is 0. The number of aliphatic hydroxyl groups is 1. The van der Waals surface area contributed by atoms with E-state index in [4.69, 9.17) is 0 Å². The molecule has 3 aliphatic rings. The number of hydrogen-bond acceptors (Lipinski definition) is 1. The van der Waals surface area contributed by atoms with Crippen LogP contribution < -0.4 is 0 Å². The second-order valence-electron chi connectivity index (χ2n) is 5.20. The summed E-state index contributed by atoms with van der Waals surface area (Å²) in [6.45, 7) is 6.62. The average Bonchev–Trinajstić information content (AvgIpc) is 1.84. The smallest absolute Gasteiger partial charge is 0.0653 e. The standard InChI is InChI=1S/C10H18O/c1-9(2)7-4-5-10(3,11)8(9)6-7/h7-8,11H,4-6H2,1-3H3/t7?,8-,10+/m0/s1. The molecule has 1 N–H and O–H groups in total. The second-order valence-corrected chi connectivity index (χ2v) is 5.20. The van der Waals surface area contributed by atoms with Gasteiger partial charge in [-0.1, -0.05) is 13.8 Å². The zero-order chi connectivity index (χ0) is 8.28. The molecule has 0 aliphatic heterocycles. The summed E-state index contributed by atoms with van der Waals surface area (Å²) in [6, 6.07) is 0. The molecule has 3 aliphatic carbocycles. The second kappa shape index (κ2) is 1.82. The van der Waals surface area contributed by atoms with E-state index >= 15 is 0 Å². The van der Waals surface area contributed by atoms with Crippen molar-refractivity contribution < 1.29 is 5.11 Å². The highest BCUT2D eigenvalue weighted by Gasteiger charge is 2.58. The predicted octanol–water partition coefficient (Wildman–Crippen LogP) is 2.19. The quantitative estimate of drug-likeness (QED) is 0.567. The Balaban J connectivity index is 2.23. The van der Waals surface area contributed by atoms with E-state index in [1.54, 1.807) is 0 Å². The zero-order valence-electron chi connectivity index (χ0n) is 7.72. The van der Waals surface area contributed by atoms with Crippen LogP contribution in [0.5, 0.6) is 0 Å². The Bertz CT molecular complexity index is 171. The summed E-state index contributed by atoms with van der Waals surface area (Å²) in [5, 5.41) is 10.0. The molecule has 0 aromatic rings. The largest absolute Gasteiger partial charge is 0.390 e. The summed E-state index contributed by atoms with van der Waals surface area (Å²) in [7, 11) is 0. The van der Waals surface area contributed by atoms with Gasteiger partial charge in [0, 0.05) is 0 Å². The van der Waals surface area contributed by atoms with Gasteiger partial charge < -0.3 is 5.11 Å². The van der Waals surface area contributed by atoms with Crippen molar-refractivity contribution in [2.24, 2.45) is 17.3 Å². The molecule has 1 heteroatoms. The number of hydrogen-bond donors (Lipinski definition) is 1. The molecular formula is C10H18O. The normalized spacial score (nSPS) is 53.5. The van der Waals surface area contributed by atoms with Crippen molar-refractivity contribution in [3.05, 3.63) is 0 Å². The minimum Gasteiger partial charge on any atom is -0.390 e. The van der Waals surface area contributed by atoms with Crippen molar-refractivity contribution in [2.75, 3.05) is 0 Å². The first-order valence-electron chi connectivity index (χ1n) is 4.67. The predicted molar refractivity (Wildman–Crippen MR) is 45.2 cm³/mol. The van der Waals surface area contributed by atoms with Crippen LogP contribution in [-0.4, -0.2) is 10.7 Å². The van der Waals surface area contributed by atoms with Crippen LogP contribution in [0.15, 0.2) is 0 Å². The summed E-state index contributed by atoms with van der Waals surface area (Å²) >= 11 is 0. The molecule has 0 saturated heterocycles. The molecule has 0 aromatic carbocycles. The molecule has 0 amide bonds. The maximum atomic E-state index is 10.0. The fourth-order valence-electron chi connectivity index (χ4n) is 3.20. The maximum Gasteiger partial charge on any atom is 0.0653 e. The van der Waals surface area contributed by atoms with E-state index in [2.05, 4.69) is 13.8 Å². The van der Waals surface area contributed by atoms with E-state index in [0.29, 0.717) is 11.3 Å². The lowest BCUT2D eigenvalue weighted by molar-refractivity contribution is -0.192. The molecule has 1 nitrogen and oxygen atoms in total.